The topological polar surface area (TPSA) is 59.2 Å². The third-order valence-electron chi connectivity index (χ3n) is 3.42. The molecule has 2 aromatic rings. The van der Waals surface area contributed by atoms with Crippen molar-refractivity contribution < 1.29 is 4.79 Å². The van der Waals surface area contributed by atoms with Gasteiger partial charge in [-0.25, -0.2) is 0 Å². The van der Waals surface area contributed by atoms with E-state index in [0.717, 1.165) is 42.3 Å². The van der Waals surface area contributed by atoms with E-state index in [9.17, 15) is 4.79 Å². The number of nitrogens with two attached hydrogens (primary N) is 1. The predicted molar refractivity (Wildman–Crippen MR) is 81.6 cm³/mol. The number of fused-ring (bicyclic) bond motifs is 1. The highest BCUT2D eigenvalue weighted by Gasteiger charge is 2.14. The second-order valence-electron chi connectivity index (χ2n) is 4.95. The van der Waals surface area contributed by atoms with Crippen LogP contribution in [0.2, 0.25) is 0 Å². The highest BCUT2D eigenvalue weighted by molar-refractivity contribution is 6.05. The lowest BCUT2D eigenvalue weighted by atomic mass is 10.1. The Kier molecular flexibility index (Phi) is 5.07. The SMILES string of the molecule is CN(CCCCCN)C(=O)c1cccc2ncccc12. The summed E-state index contributed by atoms with van der Waals surface area (Å²) in [5.74, 6) is 0.0522. The van der Waals surface area contributed by atoms with E-state index in [1.165, 1.54) is 0 Å². The van der Waals surface area contributed by atoms with Crippen molar-refractivity contribution in [2.24, 2.45) is 5.73 Å². The van der Waals surface area contributed by atoms with E-state index in [1.54, 1.807) is 11.1 Å². The summed E-state index contributed by atoms with van der Waals surface area (Å²) in [6, 6.07) is 9.47. The van der Waals surface area contributed by atoms with Gasteiger partial charge >= 0.3 is 0 Å². The van der Waals surface area contributed by atoms with E-state index in [-0.39, 0.29) is 5.91 Å². The van der Waals surface area contributed by atoms with Crippen LogP contribution in [-0.2, 0) is 0 Å². The fraction of sp³-hybridized carbons (Fsp3) is 0.375. The van der Waals surface area contributed by atoms with Gasteiger partial charge in [-0.3, -0.25) is 9.78 Å². The molecule has 0 radical (unpaired) electrons. The van der Waals surface area contributed by atoms with Crippen LogP contribution in [0.3, 0.4) is 0 Å². The zero-order valence-corrected chi connectivity index (χ0v) is 11.9. The van der Waals surface area contributed by atoms with Crippen LogP contribution in [0, 0.1) is 0 Å². The molecule has 0 aliphatic carbocycles. The van der Waals surface area contributed by atoms with E-state index in [0.29, 0.717) is 6.54 Å². The highest BCUT2D eigenvalue weighted by atomic mass is 16.2. The fourth-order valence-corrected chi connectivity index (χ4v) is 2.27. The van der Waals surface area contributed by atoms with Gasteiger partial charge in [0, 0.05) is 30.7 Å². The number of hydrogen-bond donors (Lipinski definition) is 1. The Balaban J connectivity index is 2.10. The molecule has 1 aromatic heterocycles. The first-order chi connectivity index (χ1) is 9.74. The van der Waals surface area contributed by atoms with Gasteiger partial charge in [0.05, 0.1) is 5.52 Å². The van der Waals surface area contributed by atoms with Crippen molar-refractivity contribution in [3.05, 3.63) is 42.1 Å². The van der Waals surface area contributed by atoms with Crippen molar-refractivity contribution in [2.75, 3.05) is 20.1 Å². The van der Waals surface area contributed by atoms with E-state index in [1.807, 2.05) is 37.4 Å². The molecule has 0 unspecified atom stereocenters. The number of unbranched alkanes of at least 4 members (excludes halogenated alkanes) is 2. The summed E-state index contributed by atoms with van der Waals surface area (Å²) in [6.07, 6.45) is 4.81. The summed E-state index contributed by atoms with van der Waals surface area (Å²) in [5.41, 5.74) is 7.05. The van der Waals surface area contributed by atoms with Gasteiger partial charge in [0.15, 0.2) is 0 Å². The molecule has 1 heterocycles. The predicted octanol–water partition coefficient (Wildman–Crippen LogP) is 2.44. The summed E-state index contributed by atoms with van der Waals surface area (Å²) >= 11 is 0. The Morgan fingerprint density at radius 3 is 2.85 bits per heavy atom. The van der Waals surface area contributed by atoms with Crippen molar-refractivity contribution in [3.63, 3.8) is 0 Å². The van der Waals surface area contributed by atoms with Crippen LogP contribution in [0.1, 0.15) is 29.6 Å². The van der Waals surface area contributed by atoms with E-state index >= 15 is 0 Å². The van der Waals surface area contributed by atoms with Gasteiger partial charge in [-0.1, -0.05) is 18.6 Å². The van der Waals surface area contributed by atoms with Crippen LogP contribution in [0.4, 0.5) is 0 Å². The van der Waals surface area contributed by atoms with Gasteiger partial charge in [0.1, 0.15) is 0 Å². The van der Waals surface area contributed by atoms with Crippen LogP contribution in [0.5, 0.6) is 0 Å². The lowest BCUT2D eigenvalue weighted by Gasteiger charge is -2.18. The fourth-order valence-electron chi connectivity index (χ4n) is 2.27. The number of amides is 1. The molecule has 0 aliphatic heterocycles. The largest absolute Gasteiger partial charge is 0.342 e. The average Bonchev–Trinajstić information content (AvgIpc) is 2.50. The second kappa shape index (κ2) is 7.01. The molecule has 20 heavy (non-hydrogen) atoms. The summed E-state index contributed by atoms with van der Waals surface area (Å²) in [5, 5.41) is 0.911. The number of hydrogen-bond acceptors (Lipinski definition) is 3. The van der Waals surface area contributed by atoms with Gasteiger partial charge < -0.3 is 10.6 Å². The quantitative estimate of drug-likeness (QED) is 0.821. The van der Waals surface area contributed by atoms with Crippen molar-refractivity contribution in [1.29, 1.82) is 0 Å². The number of benzene rings is 1. The van der Waals surface area contributed by atoms with E-state index in [2.05, 4.69) is 4.98 Å². The molecule has 0 saturated heterocycles. The molecule has 4 heteroatoms. The molecule has 1 amide bonds. The van der Waals surface area contributed by atoms with Crippen molar-refractivity contribution in [3.8, 4) is 0 Å². The molecule has 0 aliphatic rings. The minimum atomic E-state index is 0.0522. The average molecular weight is 271 g/mol. The molecular weight excluding hydrogens is 250 g/mol. The van der Waals surface area contributed by atoms with Gasteiger partial charge in [-0.15, -0.1) is 0 Å². The molecular formula is C16H21N3O. The van der Waals surface area contributed by atoms with Gasteiger partial charge in [0.2, 0.25) is 0 Å². The smallest absolute Gasteiger partial charge is 0.254 e. The maximum Gasteiger partial charge on any atom is 0.254 e. The summed E-state index contributed by atoms with van der Waals surface area (Å²) in [7, 11) is 1.85. The van der Waals surface area contributed by atoms with Crippen molar-refractivity contribution in [2.45, 2.75) is 19.3 Å². The zero-order valence-electron chi connectivity index (χ0n) is 11.9. The summed E-state index contributed by atoms with van der Waals surface area (Å²) < 4.78 is 0. The number of aromatic nitrogens is 1. The van der Waals surface area contributed by atoms with Crippen molar-refractivity contribution >= 4 is 16.8 Å². The first-order valence-corrected chi connectivity index (χ1v) is 7.03. The Morgan fingerprint density at radius 1 is 1.20 bits per heavy atom. The van der Waals surface area contributed by atoms with Crippen LogP contribution in [0.25, 0.3) is 10.9 Å². The number of carbonyl (C=O) groups is 1. The molecule has 0 fully saturated rings. The monoisotopic (exact) mass is 271 g/mol. The molecule has 2 rings (SSSR count). The van der Waals surface area contributed by atoms with Gasteiger partial charge in [-0.2, -0.15) is 0 Å². The molecule has 106 valence electrons. The first-order valence-electron chi connectivity index (χ1n) is 7.03. The summed E-state index contributed by atoms with van der Waals surface area (Å²) in [6.45, 7) is 1.47. The molecule has 0 bridgehead atoms. The number of nitrogens with zero attached hydrogens (tertiary/aromatic N) is 2. The molecule has 4 nitrogen and oxygen atoms in total. The first kappa shape index (κ1) is 14.5. The molecule has 0 atom stereocenters. The van der Waals surface area contributed by atoms with Crippen LogP contribution in [0.15, 0.2) is 36.5 Å². The molecule has 0 saturated carbocycles. The maximum atomic E-state index is 12.5. The minimum Gasteiger partial charge on any atom is -0.342 e. The Labute approximate surface area is 119 Å². The number of rotatable bonds is 6. The summed E-state index contributed by atoms with van der Waals surface area (Å²) in [4.78, 5) is 18.6. The maximum absolute atomic E-state index is 12.5. The van der Waals surface area contributed by atoms with Crippen LogP contribution in [-0.4, -0.2) is 35.9 Å². The molecule has 0 spiro atoms. The molecule has 2 N–H and O–H groups in total. The minimum absolute atomic E-state index is 0.0522. The van der Waals surface area contributed by atoms with Gasteiger partial charge in [-0.05, 0) is 37.6 Å². The molecule has 1 aromatic carbocycles. The highest BCUT2D eigenvalue weighted by Crippen LogP contribution is 2.18. The zero-order chi connectivity index (χ0) is 14.4. The van der Waals surface area contributed by atoms with Crippen LogP contribution >= 0.6 is 0 Å². The van der Waals surface area contributed by atoms with E-state index in [4.69, 9.17) is 5.73 Å². The van der Waals surface area contributed by atoms with Gasteiger partial charge in [0.25, 0.3) is 5.91 Å². The van der Waals surface area contributed by atoms with Crippen molar-refractivity contribution in [1.82, 2.24) is 9.88 Å². The lowest BCUT2D eigenvalue weighted by molar-refractivity contribution is 0.0794. The number of carbonyl (C=O) groups excluding carboxylic acids is 1. The number of pyridine rings is 1. The third kappa shape index (κ3) is 3.33. The normalized spacial score (nSPS) is 10.7. The van der Waals surface area contributed by atoms with Crippen LogP contribution < -0.4 is 5.73 Å². The Bertz CT molecular complexity index is 577. The second-order valence-corrected chi connectivity index (χ2v) is 4.95. The lowest BCUT2D eigenvalue weighted by Crippen LogP contribution is -2.28. The Morgan fingerprint density at radius 2 is 2.05 bits per heavy atom. The van der Waals surface area contributed by atoms with E-state index < -0.39 is 0 Å². The third-order valence-corrected chi connectivity index (χ3v) is 3.42. The standard InChI is InChI=1S/C16H21N3O/c1-19(12-4-2-3-10-17)16(20)14-7-5-9-15-13(14)8-6-11-18-15/h5-9,11H,2-4,10,12,17H2,1H3. The Hall–Kier alpha value is -1.94.